The molecule has 0 aliphatic rings. The Bertz CT molecular complexity index is 585. The summed E-state index contributed by atoms with van der Waals surface area (Å²) in [6.07, 6.45) is 0. The van der Waals surface area contributed by atoms with Crippen LogP contribution < -0.4 is 5.73 Å². The van der Waals surface area contributed by atoms with Crippen LogP contribution in [0.3, 0.4) is 0 Å². The molecule has 94 valence electrons. The van der Waals surface area contributed by atoms with Gasteiger partial charge in [-0.05, 0) is 24.3 Å². The Morgan fingerprint density at radius 2 is 1.56 bits per heavy atom. The molecule has 0 unspecified atom stereocenters. The average molecular weight is 306 g/mol. The standard InChI is InChI=1S/C12H7Cl2F2NS/c13-6-1-7(14)3-9(2-6)18-11-5-8(15)4-10(16)12(11)17/h1-5H,17H2. The molecule has 0 radical (unpaired) electrons. The minimum absolute atomic E-state index is 0.0995. The predicted octanol–water partition coefficient (Wildman–Crippen LogP) is 5.01. The van der Waals surface area contributed by atoms with E-state index >= 15 is 0 Å². The maximum absolute atomic E-state index is 13.3. The number of halogens is 4. The van der Waals surface area contributed by atoms with Gasteiger partial charge in [0.1, 0.15) is 11.6 Å². The molecule has 0 heterocycles. The van der Waals surface area contributed by atoms with Gasteiger partial charge >= 0.3 is 0 Å². The van der Waals surface area contributed by atoms with Gasteiger partial charge < -0.3 is 5.73 Å². The smallest absolute Gasteiger partial charge is 0.150 e. The molecule has 2 aromatic rings. The van der Waals surface area contributed by atoms with E-state index in [1.54, 1.807) is 18.2 Å². The number of nitrogens with two attached hydrogens (primary N) is 1. The molecule has 0 saturated carbocycles. The molecule has 0 bridgehead atoms. The number of hydrogen-bond acceptors (Lipinski definition) is 2. The first-order valence-corrected chi connectivity index (χ1v) is 6.41. The van der Waals surface area contributed by atoms with Crippen molar-refractivity contribution < 1.29 is 8.78 Å². The van der Waals surface area contributed by atoms with Crippen LogP contribution in [0, 0.1) is 11.6 Å². The van der Waals surface area contributed by atoms with Crippen molar-refractivity contribution >= 4 is 40.7 Å². The maximum atomic E-state index is 13.3. The topological polar surface area (TPSA) is 26.0 Å². The van der Waals surface area contributed by atoms with Crippen LogP contribution in [-0.4, -0.2) is 0 Å². The number of rotatable bonds is 2. The lowest BCUT2D eigenvalue weighted by molar-refractivity contribution is 0.581. The molecule has 0 aliphatic carbocycles. The van der Waals surface area contributed by atoms with Gasteiger partial charge in [-0.1, -0.05) is 35.0 Å². The lowest BCUT2D eigenvalue weighted by atomic mass is 10.3. The van der Waals surface area contributed by atoms with Crippen LogP contribution in [0.25, 0.3) is 0 Å². The summed E-state index contributed by atoms with van der Waals surface area (Å²) in [6.45, 7) is 0. The normalized spacial score (nSPS) is 10.7. The molecule has 6 heteroatoms. The highest BCUT2D eigenvalue weighted by Gasteiger charge is 2.10. The highest BCUT2D eigenvalue weighted by atomic mass is 35.5. The number of nitrogen functional groups attached to an aromatic ring is 1. The summed E-state index contributed by atoms with van der Waals surface area (Å²) >= 11 is 12.8. The molecular formula is C12H7Cl2F2NS. The summed E-state index contributed by atoms with van der Waals surface area (Å²) < 4.78 is 26.4. The van der Waals surface area contributed by atoms with Gasteiger partial charge in [0.25, 0.3) is 0 Å². The highest BCUT2D eigenvalue weighted by Crippen LogP contribution is 2.36. The average Bonchev–Trinajstić information content (AvgIpc) is 2.23. The zero-order valence-electron chi connectivity index (χ0n) is 8.88. The number of benzene rings is 2. The summed E-state index contributed by atoms with van der Waals surface area (Å²) in [4.78, 5) is 0.940. The van der Waals surface area contributed by atoms with Gasteiger partial charge in [0.2, 0.25) is 0 Å². The van der Waals surface area contributed by atoms with Crippen LogP contribution >= 0.6 is 35.0 Å². The molecule has 0 amide bonds. The number of anilines is 1. The Labute approximate surface area is 117 Å². The molecule has 0 fully saturated rings. The monoisotopic (exact) mass is 305 g/mol. The molecule has 0 aromatic heterocycles. The van der Waals surface area contributed by atoms with E-state index in [4.69, 9.17) is 28.9 Å². The van der Waals surface area contributed by atoms with E-state index in [0.717, 1.165) is 23.9 Å². The first kappa shape index (κ1) is 13.5. The largest absolute Gasteiger partial charge is 0.395 e. The van der Waals surface area contributed by atoms with Crippen molar-refractivity contribution in [3.8, 4) is 0 Å². The Morgan fingerprint density at radius 1 is 0.944 bits per heavy atom. The van der Waals surface area contributed by atoms with Gasteiger partial charge in [0.05, 0.1) is 5.69 Å². The lowest BCUT2D eigenvalue weighted by Gasteiger charge is -2.07. The molecule has 18 heavy (non-hydrogen) atoms. The number of hydrogen-bond donors (Lipinski definition) is 1. The van der Waals surface area contributed by atoms with Crippen molar-refractivity contribution in [3.63, 3.8) is 0 Å². The summed E-state index contributed by atoms with van der Waals surface area (Å²) in [5.41, 5.74) is 5.45. The van der Waals surface area contributed by atoms with Crippen LogP contribution in [0.4, 0.5) is 14.5 Å². The molecule has 0 saturated heterocycles. The van der Waals surface area contributed by atoms with Gasteiger partial charge in [0.15, 0.2) is 0 Å². The lowest BCUT2D eigenvalue weighted by Crippen LogP contribution is -1.95. The van der Waals surface area contributed by atoms with Crippen LogP contribution in [-0.2, 0) is 0 Å². The molecule has 2 aromatic carbocycles. The summed E-state index contributed by atoms with van der Waals surface area (Å²) in [5, 5.41) is 0.890. The van der Waals surface area contributed by atoms with Crippen LogP contribution in [0.1, 0.15) is 0 Å². The Morgan fingerprint density at radius 3 is 2.17 bits per heavy atom. The third-order valence-electron chi connectivity index (χ3n) is 2.12. The van der Waals surface area contributed by atoms with Crippen LogP contribution in [0.5, 0.6) is 0 Å². The van der Waals surface area contributed by atoms with E-state index in [1.807, 2.05) is 0 Å². The molecule has 0 spiro atoms. The minimum Gasteiger partial charge on any atom is -0.395 e. The summed E-state index contributed by atoms with van der Waals surface area (Å²) in [5.74, 6) is -1.47. The summed E-state index contributed by atoms with van der Waals surface area (Å²) in [7, 11) is 0. The van der Waals surface area contributed by atoms with E-state index < -0.39 is 11.6 Å². The van der Waals surface area contributed by atoms with Gasteiger partial charge in [-0.25, -0.2) is 8.78 Å². The molecule has 2 rings (SSSR count). The SMILES string of the molecule is Nc1c(F)cc(F)cc1Sc1cc(Cl)cc(Cl)c1. The molecular weight excluding hydrogens is 299 g/mol. The third-order valence-corrected chi connectivity index (χ3v) is 3.59. The van der Waals surface area contributed by atoms with E-state index in [2.05, 4.69) is 0 Å². The quantitative estimate of drug-likeness (QED) is 0.790. The fourth-order valence-electron chi connectivity index (χ4n) is 1.36. The minimum atomic E-state index is -0.786. The van der Waals surface area contributed by atoms with E-state index in [9.17, 15) is 8.78 Å². The van der Waals surface area contributed by atoms with E-state index in [0.29, 0.717) is 14.9 Å². The maximum Gasteiger partial charge on any atom is 0.150 e. The summed E-state index contributed by atoms with van der Waals surface area (Å²) in [6, 6.07) is 6.76. The zero-order valence-corrected chi connectivity index (χ0v) is 11.2. The Balaban J connectivity index is 2.39. The van der Waals surface area contributed by atoms with Gasteiger partial charge in [-0.15, -0.1) is 0 Å². The second-order valence-electron chi connectivity index (χ2n) is 3.51. The molecule has 0 aliphatic heterocycles. The molecule has 2 N–H and O–H groups in total. The van der Waals surface area contributed by atoms with Crippen LogP contribution in [0.2, 0.25) is 10.0 Å². The first-order valence-electron chi connectivity index (χ1n) is 4.84. The van der Waals surface area contributed by atoms with E-state index in [1.165, 1.54) is 0 Å². The van der Waals surface area contributed by atoms with Gasteiger partial charge in [-0.2, -0.15) is 0 Å². The van der Waals surface area contributed by atoms with Crippen molar-refractivity contribution in [2.45, 2.75) is 9.79 Å². The fraction of sp³-hybridized carbons (Fsp3) is 0. The second-order valence-corrected chi connectivity index (χ2v) is 5.49. The highest BCUT2D eigenvalue weighted by molar-refractivity contribution is 7.99. The first-order chi connectivity index (χ1) is 8.45. The Hall–Kier alpha value is -0.970. The Kier molecular flexibility index (Phi) is 4.00. The van der Waals surface area contributed by atoms with Crippen LogP contribution in [0.15, 0.2) is 40.1 Å². The second kappa shape index (κ2) is 5.34. The van der Waals surface area contributed by atoms with E-state index in [-0.39, 0.29) is 10.6 Å². The van der Waals surface area contributed by atoms with Crippen molar-refractivity contribution in [3.05, 3.63) is 52.0 Å². The van der Waals surface area contributed by atoms with Gasteiger partial charge in [-0.3, -0.25) is 0 Å². The third kappa shape index (κ3) is 3.07. The van der Waals surface area contributed by atoms with Crippen molar-refractivity contribution in [1.82, 2.24) is 0 Å². The predicted molar refractivity (Wildman–Crippen MR) is 71.4 cm³/mol. The van der Waals surface area contributed by atoms with Gasteiger partial charge in [0, 0.05) is 25.9 Å². The molecule has 1 nitrogen and oxygen atoms in total. The zero-order chi connectivity index (χ0) is 13.3. The van der Waals surface area contributed by atoms with Crippen molar-refractivity contribution in [1.29, 1.82) is 0 Å². The van der Waals surface area contributed by atoms with Crippen molar-refractivity contribution in [2.24, 2.45) is 0 Å². The van der Waals surface area contributed by atoms with Crippen molar-refractivity contribution in [2.75, 3.05) is 5.73 Å². The molecule has 0 atom stereocenters. The fourth-order valence-corrected chi connectivity index (χ4v) is 3.02.